The van der Waals surface area contributed by atoms with E-state index in [0.717, 1.165) is 29.7 Å². The van der Waals surface area contributed by atoms with Gasteiger partial charge >= 0.3 is 5.97 Å². The van der Waals surface area contributed by atoms with Gasteiger partial charge in [0.05, 0.1) is 7.05 Å². The Balaban J connectivity index is 0.000000236. The Morgan fingerprint density at radius 1 is 0.944 bits per heavy atom. The zero-order valence-electron chi connectivity index (χ0n) is 20.9. The van der Waals surface area contributed by atoms with E-state index in [4.69, 9.17) is 10.8 Å². The Morgan fingerprint density at radius 3 is 2.00 bits per heavy atom. The van der Waals surface area contributed by atoms with Crippen molar-refractivity contribution in [3.8, 4) is 11.1 Å². The van der Waals surface area contributed by atoms with Crippen LogP contribution in [0.4, 0.5) is 5.69 Å². The molecule has 0 saturated heterocycles. The van der Waals surface area contributed by atoms with Crippen LogP contribution in [0.1, 0.15) is 31.2 Å². The molecule has 190 valence electrons. The highest BCUT2D eigenvalue weighted by atomic mass is 16.4. The Bertz CT molecular complexity index is 1080. The lowest BCUT2D eigenvalue weighted by Crippen LogP contribution is -2.28. The third kappa shape index (κ3) is 10.1. The topological polar surface area (TPSA) is 107 Å². The fraction of sp³-hybridized carbons (Fsp3) is 0.276. The van der Waals surface area contributed by atoms with E-state index in [1.807, 2.05) is 66.7 Å². The molecule has 0 heterocycles. The van der Waals surface area contributed by atoms with Gasteiger partial charge in [0, 0.05) is 23.7 Å². The van der Waals surface area contributed by atoms with Gasteiger partial charge in [0.2, 0.25) is 5.91 Å². The van der Waals surface area contributed by atoms with Crippen molar-refractivity contribution in [3.63, 3.8) is 0 Å². The van der Waals surface area contributed by atoms with Crippen molar-refractivity contribution in [1.82, 2.24) is 5.43 Å². The van der Waals surface area contributed by atoms with Gasteiger partial charge < -0.3 is 16.2 Å². The number of hydrogen-bond donors (Lipinski definition) is 4. The van der Waals surface area contributed by atoms with E-state index in [1.165, 1.54) is 23.1 Å². The molecule has 0 atom stereocenters. The minimum Gasteiger partial charge on any atom is -0.476 e. The average molecular weight is 490 g/mol. The molecule has 7 nitrogen and oxygen atoms in total. The van der Waals surface area contributed by atoms with Crippen molar-refractivity contribution in [2.45, 2.75) is 32.2 Å². The van der Waals surface area contributed by atoms with Gasteiger partial charge in [-0.05, 0) is 30.0 Å². The minimum absolute atomic E-state index is 0.0868. The van der Waals surface area contributed by atoms with Crippen molar-refractivity contribution >= 4 is 24.3 Å². The van der Waals surface area contributed by atoms with Crippen molar-refractivity contribution < 1.29 is 19.4 Å². The number of para-hydroxylation sites is 1. The quantitative estimate of drug-likeness (QED) is 0.221. The Kier molecular flexibility index (Phi) is 12.4. The number of aliphatic carboxylic acids is 1. The van der Waals surface area contributed by atoms with Crippen LogP contribution in [0.2, 0.25) is 0 Å². The van der Waals surface area contributed by atoms with Gasteiger partial charge in [-0.15, -0.1) is 4.68 Å². The summed E-state index contributed by atoms with van der Waals surface area (Å²) in [7, 11) is 1.61. The molecule has 0 aliphatic heterocycles. The van der Waals surface area contributed by atoms with Crippen molar-refractivity contribution in [1.29, 1.82) is 0 Å². The second-order valence-electron chi connectivity index (χ2n) is 8.39. The normalized spacial score (nSPS) is 12.3. The number of anilines is 1. The number of hydrazine groups is 1. The van der Waals surface area contributed by atoms with E-state index >= 15 is 0 Å². The van der Waals surface area contributed by atoms with E-state index in [2.05, 4.69) is 35.7 Å². The number of benzene rings is 3. The highest BCUT2D eigenvalue weighted by Gasteiger charge is 2.23. The second-order valence-corrected chi connectivity index (χ2v) is 8.39. The molecule has 7 heteroatoms. The van der Waals surface area contributed by atoms with Gasteiger partial charge in [-0.2, -0.15) is 0 Å². The van der Waals surface area contributed by atoms with E-state index < -0.39 is 5.97 Å². The van der Waals surface area contributed by atoms with Crippen LogP contribution in [-0.4, -0.2) is 42.0 Å². The summed E-state index contributed by atoms with van der Waals surface area (Å²) in [6.45, 7) is 3.89. The smallest absolute Gasteiger partial charge is 0.372 e. The SMILES string of the molecule is C=[N+](CC(=O)O)NC.NCc1ccccc1.O=C(Nc1ccccc1-c1ccccc1)C1CCCC1. The molecule has 1 fully saturated rings. The second kappa shape index (κ2) is 15.8. The number of carboxylic acid groups (broad SMARTS) is 1. The van der Waals surface area contributed by atoms with Gasteiger partial charge in [-0.25, -0.2) is 10.2 Å². The number of nitrogens with two attached hydrogens (primary N) is 1. The number of hydrogen-bond acceptors (Lipinski definition) is 4. The zero-order valence-corrected chi connectivity index (χ0v) is 20.9. The molecule has 1 aliphatic rings. The lowest BCUT2D eigenvalue weighted by atomic mass is 10.0. The number of nitrogens with one attached hydrogen (secondary N) is 2. The number of carbonyl (C=O) groups excluding carboxylic acids is 1. The minimum atomic E-state index is -0.894. The lowest BCUT2D eigenvalue weighted by Gasteiger charge is -2.14. The van der Waals surface area contributed by atoms with Crippen LogP contribution in [-0.2, 0) is 16.1 Å². The molecule has 1 saturated carbocycles. The molecular weight excluding hydrogens is 452 g/mol. The summed E-state index contributed by atoms with van der Waals surface area (Å²) in [5.74, 6) is -0.529. The Hall–Kier alpha value is -3.97. The first kappa shape index (κ1) is 28.3. The zero-order chi connectivity index (χ0) is 26.2. The fourth-order valence-electron chi connectivity index (χ4n) is 3.74. The Labute approximate surface area is 213 Å². The van der Waals surface area contributed by atoms with Gasteiger partial charge in [-0.3, -0.25) is 4.79 Å². The van der Waals surface area contributed by atoms with E-state index in [0.29, 0.717) is 6.54 Å². The van der Waals surface area contributed by atoms with Crippen LogP contribution < -0.4 is 16.5 Å². The number of rotatable bonds is 7. The van der Waals surface area contributed by atoms with Crippen LogP contribution in [0, 0.1) is 5.92 Å². The first-order valence-electron chi connectivity index (χ1n) is 12.1. The molecule has 0 spiro atoms. The summed E-state index contributed by atoms with van der Waals surface area (Å²) >= 11 is 0. The number of carbonyl (C=O) groups is 2. The molecule has 0 aromatic heterocycles. The average Bonchev–Trinajstić information content (AvgIpc) is 3.46. The molecule has 1 amide bonds. The molecule has 0 unspecified atom stereocenters. The maximum atomic E-state index is 12.3. The third-order valence-electron chi connectivity index (χ3n) is 5.72. The molecule has 0 bridgehead atoms. The van der Waals surface area contributed by atoms with Crippen LogP contribution >= 0.6 is 0 Å². The van der Waals surface area contributed by atoms with Gasteiger partial charge in [0.15, 0.2) is 6.72 Å². The first-order valence-corrected chi connectivity index (χ1v) is 12.1. The molecule has 3 aromatic carbocycles. The van der Waals surface area contributed by atoms with Gasteiger partial charge in [0.25, 0.3) is 6.54 Å². The van der Waals surface area contributed by atoms with Crippen molar-refractivity contribution in [3.05, 3.63) is 90.5 Å². The summed E-state index contributed by atoms with van der Waals surface area (Å²) in [5, 5.41) is 11.2. The molecule has 5 N–H and O–H groups in total. The first-order chi connectivity index (χ1) is 17.4. The number of amides is 1. The third-order valence-corrected chi connectivity index (χ3v) is 5.72. The number of hydrazone groups is 1. The van der Waals surface area contributed by atoms with Crippen molar-refractivity contribution in [2.24, 2.45) is 11.7 Å². The van der Waals surface area contributed by atoms with Crippen LogP contribution in [0.5, 0.6) is 0 Å². The van der Waals surface area contributed by atoms with Crippen LogP contribution in [0.25, 0.3) is 11.1 Å². The number of nitrogens with zero attached hydrogens (tertiary/aromatic N) is 1. The van der Waals surface area contributed by atoms with Gasteiger partial charge in [0.1, 0.15) is 0 Å². The molecule has 3 aromatic rings. The molecule has 4 rings (SSSR count). The summed E-state index contributed by atoms with van der Waals surface area (Å²) in [6.07, 6.45) is 4.41. The van der Waals surface area contributed by atoms with Crippen LogP contribution in [0.15, 0.2) is 84.9 Å². The van der Waals surface area contributed by atoms with Crippen molar-refractivity contribution in [2.75, 3.05) is 18.9 Å². The molecular formula is C29H37N4O3+. The lowest BCUT2D eigenvalue weighted by molar-refractivity contribution is -0.565. The van der Waals surface area contributed by atoms with E-state index in [9.17, 15) is 9.59 Å². The molecule has 0 radical (unpaired) electrons. The highest BCUT2D eigenvalue weighted by molar-refractivity contribution is 5.96. The standard InChI is InChI=1S/C18H19NO.C7H9N.C4H8N2O2/c20-18(15-10-4-5-11-15)19-17-13-7-6-12-16(17)14-8-2-1-3-9-14;8-6-7-4-2-1-3-5-7;1-5-6(2)3-4(7)8/h1-3,6-9,12-13,15H,4-5,10-11H2,(H,19,20);1-5H,6,8H2;5H,2-3H2,1H3/p+1. The maximum Gasteiger partial charge on any atom is 0.372 e. The molecule has 1 aliphatic carbocycles. The van der Waals surface area contributed by atoms with Gasteiger partial charge in [-0.1, -0.05) is 91.7 Å². The van der Waals surface area contributed by atoms with Crippen LogP contribution in [0.3, 0.4) is 0 Å². The number of carboxylic acids is 1. The highest BCUT2D eigenvalue weighted by Crippen LogP contribution is 2.30. The maximum absolute atomic E-state index is 12.3. The summed E-state index contributed by atoms with van der Waals surface area (Å²) in [6, 6.07) is 28.2. The summed E-state index contributed by atoms with van der Waals surface area (Å²) in [4.78, 5) is 22.1. The predicted octanol–water partition coefficient (Wildman–Crippen LogP) is 4.55. The molecule has 36 heavy (non-hydrogen) atoms. The fourth-order valence-corrected chi connectivity index (χ4v) is 3.74. The summed E-state index contributed by atoms with van der Waals surface area (Å²) in [5.41, 5.74) is 12.2. The van der Waals surface area contributed by atoms with E-state index in [-0.39, 0.29) is 18.4 Å². The Morgan fingerprint density at radius 2 is 1.50 bits per heavy atom. The predicted molar refractivity (Wildman–Crippen MR) is 146 cm³/mol. The van der Waals surface area contributed by atoms with E-state index in [1.54, 1.807) is 7.05 Å². The largest absolute Gasteiger partial charge is 0.476 e. The monoisotopic (exact) mass is 489 g/mol. The summed E-state index contributed by atoms with van der Waals surface area (Å²) < 4.78 is 1.22.